The summed E-state index contributed by atoms with van der Waals surface area (Å²) < 4.78 is 15.8. The summed E-state index contributed by atoms with van der Waals surface area (Å²) in [4.78, 5) is 24.2. The summed E-state index contributed by atoms with van der Waals surface area (Å²) in [7, 11) is 4.68. The first-order chi connectivity index (χ1) is 15.1. The van der Waals surface area contributed by atoms with Gasteiger partial charge in [-0.2, -0.15) is 0 Å². The maximum Gasteiger partial charge on any atom is 0.187 e. The van der Waals surface area contributed by atoms with Gasteiger partial charge in [-0.25, -0.2) is 0 Å². The highest BCUT2D eigenvalue weighted by Gasteiger charge is 2.11. The minimum Gasteiger partial charge on any atom is -0.497 e. The van der Waals surface area contributed by atoms with Crippen molar-refractivity contribution >= 4 is 12.1 Å². The molecule has 0 spiro atoms. The summed E-state index contributed by atoms with van der Waals surface area (Å²) in [6, 6.07) is 10.6. The molecule has 6 nitrogen and oxygen atoms in total. The SMILES string of the molecule is CCCC/C(=C/C(=O)c1cccc(OC)c1)NCCc1cc(OC)c(OC)cc1C=O. The molecule has 0 unspecified atom stereocenters. The van der Waals surface area contributed by atoms with Gasteiger partial charge in [-0.1, -0.05) is 25.5 Å². The van der Waals surface area contributed by atoms with Gasteiger partial charge in [0.2, 0.25) is 0 Å². The number of hydrogen-bond acceptors (Lipinski definition) is 6. The van der Waals surface area contributed by atoms with E-state index in [9.17, 15) is 9.59 Å². The quantitative estimate of drug-likeness (QED) is 0.287. The van der Waals surface area contributed by atoms with Crippen LogP contribution < -0.4 is 19.5 Å². The van der Waals surface area contributed by atoms with E-state index in [0.29, 0.717) is 41.3 Å². The molecule has 0 atom stereocenters. The normalized spacial score (nSPS) is 11.0. The average molecular weight is 426 g/mol. The van der Waals surface area contributed by atoms with Crippen molar-refractivity contribution in [1.29, 1.82) is 0 Å². The van der Waals surface area contributed by atoms with E-state index in [1.807, 2.05) is 12.1 Å². The monoisotopic (exact) mass is 425 g/mol. The molecule has 2 aromatic rings. The number of carbonyl (C=O) groups excluding carboxylic acids is 2. The third-order valence-electron chi connectivity index (χ3n) is 4.98. The van der Waals surface area contributed by atoms with E-state index in [2.05, 4.69) is 12.2 Å². The average Bonchev–Trinajstić information content (AvgIpc) is 2.81. The number of nitrogens with one attached hydrogen (secondary N) is 1. The molecule has 0 amide bonds. The molecule has 31 heavy (non-hydrogen) atoms. The van der Waals surface area contributed by atoms with Gasteiger partial charge in [0, 0.05) is 29.4 Å². The molecule has 0 fully saturated rings. The number of allylic oxidation sites excluding steroid dienone is 2. The predicted octanol–water partition coefficient (Wildman–Crippen LogP) is 4.61. The van der Waals surface area contributed by atoms with Crippen LogP contribution in [-0.4, -0.2) is 39.9 Å². The third kappa shape index (κ3) is 6.88. The summed E-state index contributed by atoms with van der Waals surface area (Å²) >= 11 is 0. The first kappa shape index (κ1) is 24.0. The lowest BCUT2D eigenvalue weighted by atomic mass is 10.0. The van der Waals surface area contributed by atoms with E-state index in [-0.39, 0.29) is 5.78 Å². The van der Waals surface area contributed by atoms with Gasteiger partial charge in [0.15, 0.2) is 17.3 Å². The van der Waals surface area contributed by atoms with Gasteiger partial charge in [-0.05, 0) is 49.1 Å². The lowest BCUT2D eigenvalue weighted by molar-refractivity contribution is 0.104. The summed E-state index contributed by atoms with van der Waals surface area (Å²) in [6.07, 6.45) is 5.85. The Labute approximate surface area is 184 Å². The van der Waals surface area contributed by atoms with Crippen LogP contribution in [0.5, 0.6) is 17.2 Å². The Hall–Kier alpha value is -3.28. The van der Waals surface area contributed by atoms with Gasteiger partial charge in [0.25, 0.3) is 0 Å². The van der Waals surface area contributed by atoms with Crippen molar-refractivity contribution in [2.45, 2.75) is 32.6 Å². The van der Waals surface area contributed by atoms with Crippen molar-refractivity contribution in [3.05, 3.63) is 64.9 Å². The lowest BCUT2D eigenvalue weighted by Crippen LogP contribution is -2.19. The van der Waals surface area contributed by atoms with E-state index in [4.69, 9.17) is 14.2 Å². The molecular weight excluding hydrogens is 394 g/mol. The molecule has 0 saturated heterocycles. The highest BCUT2D eigenvalue weighted by atomic mass is 16.5. The van der Waals surface area contributed by atoms with Crippen molar-refractivity contribution in [1.82, 2.24) is 5.32 Å². The number of benzene rings is 2. The van der Waals surface area contributed by atoms with Crippen molar-refractivity contribution in [2.24, 2.45) is 0 Å². The summed E-state index contributed by atoms with van der Waals surface area (Å²) in [5.41, 5.74) is 2.88. The molecule has 0 aliphatic heterocycles. The molecular formula is C25H31NO5. The highest BCUT2D eigenvalue weighted by Crippen LogP contribution is 2.30. The highest BCUT2D eigenvalue weighted by molar-refractivity contribution is 6.05. The molecule has 0 aliphatic carbocycles. The molecule has 0 aliphatic rings. The Kier molecular flexibility index (Phi) is 9.62. The molecule has 6 heteroatoms. The van der Waals surface area contributed by atoms with Crippen LogP contribution in [0.1, 0.15) is 52.5 Å². The number of aldehydes is 1. The number of hydrogen-bond donors (Lipinski definition) is 1. The maximum absolute atomic E-state index is 12.7. The number of ketones is 1. The molecule has 2 aromatic carbocycles. The fraction of sp³-hybridized carbons (Fsp3) is 0.360. The van der Waals surface area contributed by atoms with E-state index < -0.39 is 0 Å². The largest absolute Gasteiger partial charge is 0.497 e. The Morgan fingerprint density at radius 3 is 2.42 bits per heavy atom. The first-order valence-corrected chi connectivity index (χ1v) is 10.4. The van der Waals surface area contributed by atoms with Gasteiger partial charge in [0.1, 0.15) is 12.0 Å². The molecule has 0 radical (unpaired) electrons. The van der Waals surface area contributed by atoms with Crippen LogP contribution in [0.3, 0.4) is 0 Å². The van der Waals surface area contributed by atoms with Crippen LogP contribution in [0.2, 0.25) is 0 Å². The first-order valence-electron chi connectivity index (χ1n) is 10.4. The number of unbranched alkanes of at least 4 members (excludes halogenated alkanes) is 1. The summed E-state index contributed by atoms with van der Waals surface area (Å²) in [5, 5.41) is 3.37. The number of methoxy groups -OCH3 is 3. The van der Waals surface area contributed by atoms with E-state index in [1.54, 1.807) is 44.6 Å². The van der Waals surface area contributed by atoms with Crippen molar-refractivity contribution in [3.63, 3.8) is 0 Å². The van der Waals surface area contributed by atoms with Crippen LogP contribution in [-0.2, 0) is 6.42 Å². The molecule has 0 heterocycles. The molecule has 1 N–H and O–H groups in total. The lowest BCUT2D eigenvalue weighted by Gasteiger charge is -2.14. The Morgan fingerprint density at radius 2 is 1.77 bits per heavy atom. The number of rotatable bonds is 13. The fourth-order valence-electron chi connectivity index (χ4n) is 3.22. The zero-order valence-electron chi connectivity index (χ0n) is 18.7. The van der Waals surface area contributed by atoms with Gasteiger partial charge < -0.3 is 19.5 Å². The number of ether oxygens (including phenoxy) is 3. The molecule has 0 bridgehead atoms. The van der Waals surface area contributed by atoms with Crippen LogP contribution in [0.15, 0.2) is 48.2 Å². The molecule has 166 valence electrons. The zero-order chi connectivity index (χ0) is 22.6. The standard InChI is InChI=1S/C25H31NO5/c1-5-6-9-21(16-23(28)19-8-7-10-22(13-19)29-2)26-12-11-18-14-24(30-3)25(31-4)15-20(18)17-27/h7-8,10,13-17,26H,5-6,9,11-12H2,1-4H3/b21-16-. The Bertz CT molecular complexity index is 920. The second-order valence-corrected chi connectivity index (χ2v) is 7.07. The predicted molar refractivity (Wildman–Crippen MR) is 122 cm³/mol. The summed E-state index contributed by atoms with van der Waals surface area (Å²) in [6.45, 7) is 2.69. The van der Waals surface area contributed by atoms with Crippen LogP contribution >= 0.6 is 0 Å². The smallest absolute Gasteiger partial charge is 0.187 e. The van der Waals surface area contributed by atoms with Crippen molar-refractivity contribution < 1.29 is 23.8 Å². The third-order valence-corrected chi connectivity index (χ3v) is 4.98. The minimum atomic E-state index is -0.0720. The maximum atomic E-state index is 12.7. The Morgan fingerprint density at radius 1 is 1.03 bits per heavy atom. The second kappa shape index (κ2) is 12.4. The molecule has 2 rings (SSSR count). The van der Waals surface area contributed by atoms with E-state index in [0.717, 1.165) is 36.8 Å². The van der Waals surface area contributed by atoms with Crippen molar-refractivity contribution in [2.75, 3.05) is 27.9 Å². The van der Waals surface area contributed by atoms with Gasteiger partial charge in [0.05, 0.1) is 21.3 Å². The fourth-order valence-corrected chi connectivity index (χ4v) is 3.22. The van der Waals surface area contributed by atoms with E-state index >= 15 is 0 Å². The Balaban J connectivity index is 2.14. The molecule has 0 aromatic heterocycles. The minimum absolute atomic E-state index is 0.0720. The van der Waals surface area contributed by atoms with Crippen LogP contribution in [0, 0.1) is 0 Å². The van der Waals surface area contributed by atoms with Crippen LogP contribution in [0.25, 0.3) is 0 Å². The summed E-state index contributed by atoms with van der Waals surface area (Å²) in [5.74, 6) is 1.68. The van der Waals surface area contributed by atoms with Gasteiger partial charge >= 0.3 is 0 Å². The van der Waals surface area contributed by atoms with Gasteiger partial charge in [-0.3, -0.25) is 9.59 Å². The second-order valence-electron chi connectivity index (χ2n) is 7.07. The van der Waals surface area contributed by atoms with Gasteiger partial charge in [-0.15, -0.1) is 0 Å². The zero-order valence-corrected chi connectivity index (χ0v) is 18.7. The molecule has 0 saturated carbocycles. The van der Waals surface area contributed by atoms with Crippen LogP contribution in [0.4, 0.5) is 0 Å². The topological polar surface area (TPSA) is 73.9 Å². The number of carbonyl (C=O) groups is 2. The van der Waals surface area contributed by atoms with E-state index in [1.165, 1.54) is 7.11 Å². The van der Waals surface area contributed by atoms with Crippen molar-refractivity contribution in [3.8, 4) is 17.2 Å².